The summed E-state index contributed by atoms with van der Waals surface area (Å²) in [7, 11) is 1.52. The minimum absolute atomic E-state index is 0.0650. The van der Waals surface area contributed by atoms with Crippen LogP contribution in [0.1, 0.15) is 34.3 Å². The number of anilines is 1. The van der Waals surface area contributed by atoms with Crippen LogP contribution in [0.5, 0.6) is 11.5 Å². The number of carbonyl (C=O) groups excluding carboxylic acids is 1. The third-order valence-corrected chi connectivity index (χ3v) is 6.28. The number of nitrogens with one attached hydrogen (secondary N) is 1. The van der Waals surface area contributed by atoms with Crippen molar-refractivity contribution in [3.63, 3.8) is 0 Å². The lowest BCUT2D eigenvalue weighted by atomic mass is 10.2. The molecule has 0 aliphatic carbocycles. The molecule has 1 N–H and O–H groups in total. The zero-order valence-corrected chi connectivity index (χ0v) is 20.3. The molecule has 1 aliphatic rings. The monoisotopic (exact) mass is 525 g/mol. The Morgan fingerprint density at radius 2 is 1.85 bits per heavy atom. The lowest BCUT2D eigenvalue weighted by Crippen LogP contribution is -2.19. The first kappa shape index (κ1) is 23.8. The number of nitrogens with zero attached hydrogens (tertiary/aromatic N) is 2. The molecule has 1 heterocycles. The van der Waals surface area contributed by atoms with Crippen LogP contribution in [0.25, 0.3) is 0 Å². The predicted octanol–water partition coefficient (Wildman–Crippen LogP) is 5.54. The van der Waals surface area contributed by atoms with Gasteiger partial charge >= 0.3 is 0 Å². The number of ether oxygens (including phenoxy) is 2. The molecule has 1 aliphatic heterocycles. The molecule has 0 atom stereocenters. The molecule has 8 heteroatoms. The third-order valence-electron chi connectivity index (χ3n) is 5.59. The smallest absolute Gasteiger partial charge is 0.271 e. The Bertz CT molecular complexity index is 1180. The van der Waals surface area contributed by atoms with Crippen molar-refractivity contribution in [1.29, 1.82) is 0 Å². The number of carbonyl (C=O) groups is 1. The Morgan fingerprint density at radius 1 is 1.12 bits per heavy atom. The van der Waals surface area contributed by atoms with Crippen molar-refractivity contribution in [3.05, 3.63) is 87.6 Å². The SMILES string of the molecule is COc1cc(/C=N\NC(=O)c2ccc(N3CCCC3)cc2)c(Br)cc1OCc1ccccc1F. The van der Waals surface area contributed by atoms with E-state index in [1.165, 1.54) is 32.2 Å². The molecular formula is C26H25BrFN3O3. The number of rotatable bonds is 8. The van der Waals surface area contributed by atoms with Crippen LogP contribution in [0.3, 0.4) is 0 Å². The highest BCUT2D eigenvalue weighted by Crippen LogP contribution is 2.33. The van der Waals surface area contributed by atoms with E-state index >= 15 is 0 Å². The van der Waals surface area contributed by atoms with E-state index in [2.05, 4.69) is 31.4 Å². The van der Waals surface area contributed by atoms with Gasteiger partial charge in [0.1, 0.15) is 12.4 Å². The number of methoxy groups -OCH3 is 1. The van der Waals surface area contributed by atoms with Crippen LogP contribution >= 0.6 is 15.9 Å². The number of benzene rings is 3. The predicted molar refractivity (Wildman–Crippen MR) is 134 cm³/mol. The Labute approximate surface area is 206 Å². The first-order valence-corrected chi connectivity index (χ1v) is 11.8. The second-order valence-corrected chi connectivity index (χ2v) is 8.70. The van der Waals surface area contributed by atoms with Gasteiger partial charge in [-0.2, -0.15) is 5.10 Å². The van der Waals surface area contributed by atoms with Crippen LogP contribution in [0, 0.1) is 5.82 Å². The quantitative estimate of drug-likeness (QED) is 0.309. The molecule has 3 aromatic rings. The lowest BCUT2D eigenvalue weighted by molar-refractivity contribution is 0.0955. The second-order valence-electron chi connectivity index (χ2n) is 7.84. The van der Waals surface area contributed by atoms with Crippen LogP contribution in [0.15, 0.2) is 70.2 Å². The Balaban J connectivity index is 1.39. The van der Waals surface area contributed by atoms with E-state index in [-0.39, 0.29) is 18.3 Å². The Kier molecular flexibility index (Phi) is 7.80. The standard InChI is InChI=1S/C26H25BrFN3O3/c1-33-24-14-20(22(27)15-25(24)34-17-19-6-2-3-7-23(19)28)16-29-30-26(32)18-8-10-21(11-9-18)31-12-4-5-13-31/h2-3,6-11,14-16H,4-5,12-13,17H2,1H3,(H,30,32)/b29-16-. The van der Waals surface area contributed by atoms with Crippen LogP contribution in [0.2, 0.25) is 0 Å². The zero-order chi connectivity index (χ0) is 23.9. The topological polar surface area (TPSA) is 63.2 Å². The number of amides is 1. The maximum absolute atomic E-state index is 13.9. The van der Waals surface area contributed by atoms with Gasteiger partial charge in [-0.15, -0.1) is 0 Å². The molecule has 176 valence electrons. The molecule has 0 radical (unpaired) electrons. The van der Waals surface area contributed by atoms with E-state index in [0.29, 0.717) is 32.7 Å². The van der Waals surface area contributed by atoms with Crippen molar-refractivity contribution in [3.8, 4) is 11.5 Å². The van der Waals surface area contributed by atoms with E-state index in [0.717, 1.165) is 18.8 Å². The highest BCUT2D eigenvalue weighted by molar-refractivity contribution is 9.10. The van der Waals surface area contributed by atoms with Gasteiger partial charge in [0, 0.05) is 39.9 Å². The van der Waals surface area contributed by atoms with Gasteiger partial charge in [-0.1, -0.05) is 18.2 Å². The number of halogens is 2. The van der Waals surface area contributed by atoms with E-state index in [1.807, 2.05) is 12.1 Å². The fraction of sp³-hybridized carbons (Fsp3) is 0.231. The zero-order valence-electron chi connectivity index (χ0n) is 18.8. The van der Waals surface area contributed by atoms with Gasteiger partial charge in [-0.05, 0) is 71.2 Å². The van der Waals surface area contributed by atoms with E-state index in [9.17, 15) is 9.18 Å². The summed E-state index contributed by atoms with van der Waals surface area (Å²) in [6.45, 7) is 2.18. The van der Waals surface area contributed by atoms with Crippen molar-refractivity contribution in [2.75, 3.05) is 25.1 Å². The van der Waals surface area contributed by atoms with E-state index in [1.54, 1.807) is 42.5 Å². The third kappa shape index (κ3) is 5.75. The van der Waals surface area contributed by atoms with Crippen molar-refractivity contribution in [2.24, 2.45) is 5.10 Å². The Morgan fingerprint density at radius 3 is 2.56 bits per heavy atom. The van der Waals surface area contributed by atoms with Gasteiger partial charge in [0.05, 0.1) is 13.3 Å². The molecule has 1 amide bonds. The van der Waals surface area contributed by atoms with E-state index < -0.39 is 0 Å². The minimum Gasteiger partial charge on any atom is -0.493 e. The summed E-state index contributed by atoms with van der Waals surface area (Å²) in [6, 6.07) is 17.4. The molecule has 0 aromatic heterocycles. The number of hydrogen-bond acceptors (Lipinski definition) is 5. The highest BCUT2D eigenvalue weighted by atomic mass is 79.9. The van der Waals surface area contributed by atoms with Crippen LogP contribution in [0.4, 0.5) is 10.1 Å². The normalized spacial score (nSPS) is 13.3. The molecule has 3 aromatic carbocycles. The second kappa shape index (κ2) is 11.2. The first-order chi connectivity index (χ1) is 16.5. The average Bonchev–Trinajstić information content (AvgIpc) is 3.40. The minimum atomic E-state index is -0.328. The van der Waals surface area contributed by atoms with Gasteiger partial charge in [0.15, 0.2) is 11.5 Å². The number of hydrazone groups is 1. The van der Waals surface area contributed by atoms with E-state index in [4.69, 9.17) is 9.47 Å². The van der Waals surface area contributed by atoms with Gasteiger partial charge < -0.3 is 14.4 Å². The van der Waals surface area contributed by atoms with Gasteiger partial charge in [-0.25, -0.2) is 9.82 Å². The average molecular weight is 526 g/mol. The summed E-state index contributed by atoms with van der Waals surface area (Å²) in [4.78, 5) is 14.8. The molecule has 1 fully saturated rings. The molecule has 0 spiro atoms. The first-order valence-electron chi connectivity index (χ1n) is 11.0. The lowest BCUT2D eigenvalue weighted by Gasteiger charge is -2.17. The summed E-state index contributed by atoms with van der Waals surface area (Å²) in [6.07, 6.45) is 3.93. The summed E-state index contributed by atoms with van der Waals surface area (Å²) in [5.41, 5.74) is 5.34. The van der Waals surface area contributed by atoms with Crippen molar-refractivity contribution in [1.82, 2.24) is 5.43 Å². The molecule has 0 saturated carbocycles. The fourth-order valence-corrected chi connectivity index (χ4v) is 4.14. The van der Waals surface area contributed by atoms with Crippen molar-refractivity contribution >= 4 is 33.7 Å². The molecular weight excluding hydrogens is 501 g/mol. The summed E-state index contributed by atoms with van der Waals surface area (Å²) in [5.74, 6) is 0.296. The molecule has 6 nitrogen and oxygen atoms in total. The summed E-state index contributed by atoms with van der Waals surface area (Å²) < 4.78 is 25.7. The molecule has 4 rings (SSSR count). The summed E-state index contributed by atoms with van der Waals surface area (Å²) >= 11 is 3.49. The molecule has 0 unspecified atom stereocenters. The summed E-state index contributed by atoms with van der Waals surface area (Å²) in [5, 5.41) is 4.08. The molecule has 1 saturated heterocycles. The van der Waals surface area contributed by atoms with Crippen molar-refractivity contribution in [2.45, 2.75) is 19.4 Å². The molecule has 0 bridgehead atoms. The van der Waals surface area contributed by atoms with Gasteiger partial charge in [-0.3, -0.25) is 4.79 Å². The van der Waals surface area contributed by atoms with Crippen LogP contribution < -0.4 is 19.8 Å². The van der Waals surface area contributed by atoms with Crippen molar-refractivity contribution < 1.29 is 18.7 Å². The molecule has 34 heavy (non-hydrogen) atoms. The highest BCUT2D eigenvalue weighted by Gasteiger charge is 2.14. The fourth-order valence-electron chi connectivity index (χ4n) is 3.72. The van der Waals surface area contributed by atoms with Gasteiger partial charge in [0.2, 0.25) is 0 Å². The van der Waals surface area contributed by atoms with Crippen LogP contribution in [-0.4, -0.2) is 32.3 Å². The Hall–Kier alpha value is -3.39. The maximum Gasteiger partial charge on any atom is 0.271 e. The number of hydrogen-bond donors (Lipinski definition) is 1. The van der Waals surface area contributed by atoms with Crippen LogP contribution in [-0.2, 0) is 6.61 Å². The largest absolute Gasteiger partial charge is 0.493 e. The maximum atomic E-state index is 13.9. The van der Waals surface area contributed by atoms with Gasteiger partial charge in [0.25, 0.3) is 5.91 Å².